The van der Waals surface area contributed by atoms with Crippen molar-refractivity contribution in [2.24, 2.45) is 5.41 Å². The van der Waals surface area contributed by atoms with Crippen molar-refractivity contribution in [3.63, 3.8) is 0 Å². The van der Waals surface area contributed by atoms with Crippen LogP contribution in [0.25, 0.3) is 11.1 Å². The lowest BCUT2D eigenvalue weighted by molar-refractivity contribution is 0.0859. The minimum Gasteiger partial charge on any atom is -0.507 e. The van der Waals surface area contributed by atoms with Gasteiger partial charge in [-0.2, -0.15) is 8.42 Å². The number of rotatable bonds is 6. The topological polar surface area (TPSA) is 111 Å². The second-order valence-electron chi connectivity index (χ2n) is 8.12. The van der Waals surface area contributed by atoms with Crippen molar-refractivity contribution in [2.45, 2.75) is 41.0 Å². The van der Waals surface area contributed by atoms with Gasteiger partial charge in [-0.15, -0.1) is 0 Å². The zero-order chi connectivity index (χ0) is 22.1. The molecule has 0 fully saturated rings. The lowest BCUT2D eigenvalue weighted by Gasteiger charge is -2.21. The van der Waals surface area contributed by atoms with Crippen LogP contribution in [0.1, 0.15) is 48.0 Å². The molecular formula is C21H26O7S. The summed E-state index contributed by atoms with van der Waals surface area (Å²) in [6.07, 6.45) is 0.897. The maximum absolute atomic E-state index is 13.0. The predicted molar refractivity (Wildman–Crippen MR) is 110 cm³/mol. The van der Waals surface area contributed by atoms with Crippen molar-refractivity contribution in [3.8, 4) is 16.9 Å². The van der Waals surface area contributed by atoms with E-state index in [1.807, 2.05) is 13.0 Å². The molecule has 1 aromatic heterocycles. The largest absolute Gasteiger partial charge is 0.507 e. The Kier molecular flexibility index (Phi) is 6.39. The molecule has 0 aliphatic carbocycles. The summed E-state index contributed by atoms with van der Waals surface area (Å²) in [5, 5.41) is 10.6. The summed E-state index contributed by atoms with van der Waals surface area (Å²) >= 11 is 0. The monoisotopic (exact) mass is 422 g/mol. The molecule has 0 aliphatic rings. The van der Waals surface area contributed by atoms with Crippen molar-refractivity contribution in [2.75, 3.05) is 12.9 Å². The molecule has 0 atom stereocenters. The Bertz CT molecular complexity index is 1100. The van der Waals surface area contributed by atoms with Gasteiger partial charge in [-0.05, 0) is 25.5 Å². The summed E-state index contributed by atoms with van der Waals surface area (Å²) in [6.45, 7) is 8.73. The smallest absolute Gasteiger partial charge is 0.347 e. The molecule has 0 aliphatic heterocycles. The van der Waals surface area contributed by atoms with Crippen LogP contribution in [0, 0.1) is 19.3 Å². The Morgan fingerprint density at radius 1 is 1.14 bits per heavy atom. The third-order valence-corrected chi connectivity index (χ3v) is 4.88. The zero-order valence-corrected chi connectivity index (χ0v) is 18.3. The normalized spacial score (nSPS) is 12.2. The first-order valence-corrected chi connectivity index (χ1v) is 10.9. The SMILES string of the molecule is Cc1cc(C)c(-c2c(O)cc(CCOS(C)(=O)=O)oc2=O)c(C(=O)C(C)(C)C)c1. The molecule has 1 heterocycles. The third kappa shape index (κ3) is 5.55. The van der Waals surface area contributed by atoms with Crippen LogP contribution in [0.15, 0.2) is 27.4 Å². The number of aromatic hydroxyl groups is 1. The van der Waals surface area contributed by atoms with Crippen LogP contribution in [0.5, 0.6) is 5.75 Å². The summed E-state index contributed by atoms with van der Waals surface area (Å²) in [5.74, 6) is -0.428. The van der Waals surface area contributed by atoms with Crippen molar-refractivity contribution in [1.82, 2.24) is 0 Å². The van der Waals surface area contributed by atoms with E-state index >= 15 is 0 Å². The number of ketones is 1. The molecule has 1 N–H and O–H groups in total. The van der Waals surface area contributed by atoms with Gasteiger partial charge in [-0.25, -0.2) is 4.79 Å². The summed E-state index contributed by atoms with van der Waals surface area (Å²) in [5.41, 5.74) is 0.600. The summed E-state index contributed by atoms with van der Waals surface area (Å²) < 4.78 is 32.0. The molecular weight excluding hydrogens is 396 g/mol. The van der Waals surface area contributed by atoms with Crippen molar-refractivity contribution >= 4 is 15.9 Å². The Morgan fingerprint density at radius 3 is 2.28 bits per heavy atom. The fraction of sp³-hybridized carbons (Fsp3) is 0.429. The third-order valence-electron chi connectivity index (χ3n) is 4.28. The second kappa shape index (κ2) is 8.12. The van der Waals surface area contributed by atoms with Gasteiger partial charge in [-0.1, -0.05) is 32.4 Å². The van der Waals surface area contributed by atoms with Crippen LogP contribution in [0.4, 0.5) is 0 Å². The Hall–Kier alpha value is -2.45. The van der Waals surface area contributed by atoms with Gasteiger partial charge in [0, 0.05) is 29.0 Å². The number of benzene rings is 1. The highest BCUT2D eigenvalue weighted by molar-refractivity contribution is 7.85. The number of hydrogen-bond donors (Lipinski definition) is 1. The van der Waals surface area contributed by atoms with E-state index in [4.69, 9.17) is 4.42 Å². The van der Waals surface area contributed by atoms with Crippen LogP contribution >= 0.6 is 0 Å². The van der Waals surface area contributed by atoms with E-state index in [0.29, 0.717) is 16.7 Å². The average Bonchev–Trinajstić information content (AvgIpc) is 2.53. The van der Waals surface area contributed by atoms with Crippen LogP contribution < -0.4 is 5.63 Å². The fourth-order valence-electron chi connectivity index (χ4n) is 3.06. The van der Waals surface area contributed by atoms with Gasteiger partial charge in [-0.3, -0.25) is 8.98 Å². The van der Waals surface area contributed by atoms with Crippen LogP contribution in [0.2, 0.25) is 0 Å². The van der Waals surface area contributed by atoms with Gasteiger partial charge < -0.3 is 9.52 Å². The molecule has 29 heavy (non-hydrogen) atoms. The van der Waals surface area contributed by atoms with Crippen molar-refractivity contribution < 1.29 is 26.9 Å². The minimum atomic E-state index is -3.62. The van der Waals surface area contributed by atoms with Gasteiger partial charge in [0.2, 0.25) is 0 Å². The molecule has 7 nitrogen and oxygen atoms in total. The molecule has 0 amide bonds. The fourth-order valence-corrected chi connectivity index (χ4v) is 3.44. The van der Waals surface area contributed by atoms with E-state index in [-0.39, 0.29) is 35.9 Å². The van der Waals surface area contributed by atoms with Crippen molar-refractivity contribution in [3.05, 3.63) is 51.1 Å². The van der Waals surface area contributed by atoms with E-state index in [1.54, 1.807) is 33.8 Å². The average molecular weight is 422 g/mol. The lowest BCUT2D eigenvalue weighted by atomic mass is 9.81. The van der Waals surface area contributed by atoms with Crippen LogP contribution in [-0.2, 0) is 20.7 Å². The van der Waals surface area contributed by atoms with Gasteiger partial charge in [0.05, 0.1) is 12.9 Å². The lowest BCUT2D eigenvalue weighted by Crippen LogP contribution is -2.22. The molecule has 8 heteroatoms. The molecule has 1 aromatic carbocycles. The van der Waals surface area contributed by atoms with E-state index in [2.05, 4.69) is 4.18 Å². The second-order valence-corrected chi connectivity index (χ2v) is 9.76. The molecule has 0 radical (unpaired) electrons. The van der Waals surface area contributed by atoms with Crippen LogP contribution in [0.3, 0.4) is 0 Å². The van der Waals surface area contributed by atoms with E-state index < -0.39 is 21.2 Å². The van der Waals surface area contributed by atoms with Gasteiger partial charge in [0.25, 0.3) is 10.1 Å². The zero-order valence-electron chi connectivity index (χ0n) is 17.5. The highest BCUT2D eigenvalue weighted by Crippen LogP contribution is 2.36. The number of aryl methyl sites for hydroxylation is 2. The highest BCUT2D eigenvalue weighted by atomic mass is 32.2. The number of Topliss-reactive ketones (excluding diaryl/α,β-unsaturated/α-hetero) is 1. The quantitative estimate of drug-likeness (QED) is 0.561. The number of carbonyl (C=O) groups is 1. The molecule has 0 saturated carbocycles. The van der Waals surface area contributed by atoms with Gasteiger partial charge in [0.1, 0.15) is 17.1 Å². The molecule has 158 valence electrons. The van der Waals surface area contributed by atoms with Crippen LogP contribution in [-0.4, -0.2) is 32.2 Å². The summed E-state index contributed by atoms with van der Waals surface area (Å²) in [7, 11) is -3.62. The summed E-state index contributed by atoms with van der Waals surface area (Å²) in [4.78, 5) is 25.7. The summed E-state index contributed by atoms with van der Waals surface area (Å²) in [6, 6.07) is 4.76. The Balaban J connectivity index is 2.58. The molecule has 2 rings (SSSR count). The minimum absolute atomic E-state index is 0.0171. The maximum Gasteiger partial charge on any atom is 0.347 e. The predicted octanol–water partition coefficient (Wildman–Crippen LogP) is 3.38. The first-order valence-electron chi connectivity index (χ1n) is 9.07. The Labute approximate surface area is 170 Å². The van der Waals surface area contributed by atoms with Gasteiger partial charge >= 0.3 is 5.63 Å². The number of hydrogen-bond acceptors (Lipinski definition) is 7. The maximum atomic E-state index is 13.0. The number of carbonyl (C=O) groups excluding carboxylic acids is 1. The Morgan fingerprint density at radius 2 is 1.76 bits per heavy atom. The molecule has 0 bridgehead atoms. The first-order chi connectivity index (χ1) is 13.2. The standard InChI is InChI=1S/C21H26O7S/c1-12-9-13(2)17(15(10-12)19(23)21(3,4)5)18-16(22)11-14(28-20(18)24)7-8-27-29(6,25)26/h9-11,22H,7-8H2,1-6H3. The molecule has 0 unspecified atom stereocenters. The highest BCUT2D eigenvalue weighted by Gasteiger charge is 2.29. The van der Waals surface area contributed by atoms with E-state index in [1.165, 1.54) is 6.07 Å². The van der Waals surface area contributed by atoms with E-state index in [9.17, 15) is 23.1 Å². The molecule has 0 saturated heterocycles. The van der Waals surface area contributed by atoms with Gasteiger partial charge in [0.15, 0.2) is 5.78 Å². The van der Waals surface area contributed by atoms with Crippen molar-refractivity contribution in [1.29, 1.82) is 0 Å². The van der Waals surface area contributed by atoms with E-state index in [0.717, 1.165) is 11.8 Å². The molecule has 2 aromatic rings. The first kappa shape index (κ1) is 22.8. The molecule has 0 spiro atoms.